The highest BCUT2D eigenvalue weighted by Crippen LogP contribution is 2.58. The van der Waals surface area contributed by atoms with Crippen molar-refractivity contribution < 1.29 is 32.7 Å². The minimum Gasteiger partial charge on any atom is -0.465 e. The molecule has 0 saturated heterocycles. The van der Waals surface area contributed by atoms with Gasteiger partial charge in [-0.2, -0.15) is 4.98 Å². The Morgan fingerprint density at radius 2 is 1.73 bits per heavy atom. The highest BCUT2D eigenvalue weighted by atomic mass is 31.2. The number of carbonyl (C=O) groups excluding carboxylic acids is 2. The molecule has 12 heteroatoms. The van der Waals surface area contributed by atoms with E-state index in [1.807, 2.05) is 0 Å². The van der Waals surface area contributed by atoms with E-state index in [9.17, 15) is 18.9 Å². The van der Waals surface area contributed by atoms with Gasteiger partial charge in [-0.15, -0.1) is 0 Å². The van der Waals surface area contributed by atoms with Gasteiger partial charge < -0.3 is 19.7 Å². The third-order valence-corrected chi connectivity index (χ3v) is 9.48. The van der Waals surface area contributed by atoms with Gasteiger partial charge >= 0.3 is 25.2 Å². The summed E-state index contributed by atoms with van der Waals surface area (Å²) in [4.78, 5) is 41.4. The van der Waals surface area contributed by atoms with Gasteiger partial charge in [0.15, 0.2) is 0 Å². The molecule has 3 atom stereocenters. The van der Waals surface area contributed by atoms with Crippen LogP contribution in [0.25, 0.3) is 6.20 Å². The monoisotopic (exact) mass is 631 g/mol. The molecule has 3 rings (SSSR count). The molecule has 1 fully saturated rings. The van der Waals surface area contributed by atoms with E-state index in [0.29, 0.717) is 18.8 Å². The maximum atomic E-state index is 14.3. The van der Waals surface area contributed by atoms with Gasteiger partial charge in [0, 0.05) is 12.4 Å². The van der Waals surface area contributed by atoms with Crippen molar-refractivity contribution >= 4 is 31.6 Å². The minimum atomic E-state index is -3.94. The van der Waals surface area contributed by atoms with Crippen molar-refractivity contribution in [1.29, 1.82) is 0 Å². The molecule has 0 bridgehead atoms. The van der Waals surface area contributed by atoms with Gasteiger partial charge in [0.05, 0.1) is 36.6 Å². The number of hydrogen-bond acceptors (Lipinski definition) is 10. The standard InChI is InChI=1S/C32H46N3O8P/c1-6-11-25(12-7-2)19-40-30(37)24(5)20-44(39,43-27-13-9-8-10-14-27)42-22-32(21-41-29(36)23(3)4)17-26(32)18-35-16-15-28(33)34-31(35)38/h8-10,13-16,18,23-25H,6-7,11-12,17,19-22H2,1-5H3,(H2,33,34,38)/b26-18-/t24-,32+,44+/m1/s1. The van der Waals surface area contributed by atoms with Crippen LogP contribution in [0.4, 0.5) is 5.82 Å². The van der Waals surface area contributed by atoms with Gasteiger partial charge in [0.2, 0.25) is 0 Å². The topological polar surface area (TPSA) is 149 Å². The van der Waals surface area contributed by atoms with Gasteiger partial charge in [0.25, 0.3) is 0 Å². The van der Waals surface area contributed by atoms with E-state index in [2.05, 4.69) is 18.8 Å². The Hall–Kier alpha value is -3.43. The third-order valence-electron chi connectivity index (χ3n) is 7.47. The Bertz CT molecular complexity index is 1390. The second-order valence-electron chi connectivity index (χ2n) is 11.9. The van der Waals surface area contributed by atoms with Crippen molar-refractivity contribution in [3.8, 4) is 5.75 Å². The molecule has 1 saturated carbocycles. The van der Waals surface area contributed by atoms with Crippen LogP contribution in [-0.4, -0.2) is 47.5 Å². The van der Waals surface area contributed by atoms with Crippen molar-refractivity contribution in [3.63, 3.8) is 0 Å². The van der Waals surface area contributed by atoms with Crippen LogP contribution in [0.1, 0.15) is 66.7 Å². The average molecular weight is 632 g/mol. The van der Waals surface area contributed by atoms with Gasteiger partial charge in [-0.05, 0) is 49.0 Å². The highest BCUT2D eigenvalue weighted by Gasteiger charge is 2.52. The maximum Gasteiger partial charge on any atom is 0.380 e. The van der Waals surface area contributed by atoms with Gasteiger partial charge in [0.1, 0.15) is 18.2 Å². The zero-order valence-electron chi connectivity index (χ0n) is 26.4. The van der Waals surface area contributed by atoms with Gasteiger partial charge in [-0.1, -0.05) is 65.7 Å². The predicted octanol–water partition coefficient (Wildman–Crippen LogP) is 5.94. The molecular weight excluding hydrogens is 585 g/mol. The van der Waals surface area contributed by atoms with Crippen molar-refractivity contribution in [2.45, 2.75) is 66.7 Å². The molecule has 242 valence electrons. The Kier molecular flexibility index (Phi) is 12.8. The number of rotatable bonds is 18. The summed E-state index contributed by atoms with van der Waals surface area (Å²) in [7, 11) is -3.94. The van der Waals surface area contributed by atoms with Crippen LogP contribution in [0, 0.1) is 23.2 Å². The van der Waals surface area contributed by atoms with Gasteiger partial charge in [-0.3, -0.25) is 18.7 Å². The van der Waals surface area contributed by atoms with E-state index in [-0.39, 0.29) is 37.0 Å². The first-order valence-electron chi connectivity index (χ1n) is 15.3. The molecule has 0 amide bonds. The van der Waals surface area contributed by atoms with Gasteiger partial charge in [-0.25, -0.2) is 9.36 Å². The molecule has 11 nitrogen and oxygen atoms in total. The first kappa shape index (κ1) is 35.1. The van der Waals surface area contributed by atoms with E-state index in [1.54, 1.807) is 57.3 Å². The SMILES string of the molecule is CCCC(CCC)COC(=O)[C@H](C)C[P@](=O)(OC[C@@]1(COC(=O)C(C)C)C/C1=C/n1ccc(N)nc1=O)Oc1ccccc1. The summed E-state index contributed by atoms with van der Waals surface area (Å²) in [6, 6.07) is 10.1. The lowest BCUT2D eigenvalue weighted by molar-refractivity contribution is -0.150. The summed E-state index contributed by atoms with van der Waals surface area (Å²) in [5, 5.41) is 0. The molecule has 0 radical (unpaired) electrons. The van der Waals surface area contributed by atoms with Crippen molar-refractivity contribution in [2.24, 2.45) is 23.2 Å². The highest BCUT2D eigenvalue weighted by molar-refractivity contribution is 7.54. The number of esters is 2. The predicted molar refractivity (Wildman–Crippen MR) is 169 cm³/mol. The minimum absolute atomic E-state index is 0.0494. The number of nitrogens with zero attached hydrogens (tertiary/aromatic N) is 2. The molecule has 1 heterocycles. The van der Waals surface area contributed by atoms with Crippen LogP contribution < -0.4 is 15.9 Å². The second kappa shape index (κ2) is 16.0. The van der Waals surface area contributed by atoms with E-state index in [4.69, 9.17) is 24.3 Å². The van der Waals surface area contributed by atoms with Crippen LogP contribution in [0.5, 0.6) is 5.75 Å². The summed E-state index contributed by atoms with van der Waals surface area (Å²) in [5.74, 6) is -1.28. The van der Waals surface area contributed by atoms with E-state index in [1.165, 1.54) is 16.8 Å². The maximum absolute atomic E-state index is 14.3. The lowest BCUT2D eigenvalue weighted by Gasteiger charge is -2.25. The summed E-state index contributed by atoms with van der Waals surface area (Å²) >= 11 is 0. The number of hydrogen-bond donors (Lipinski definition) is 1. The first-order valence-corrected chi connectivity index (χ1v) is 17.0. The summed E-state index contributed by atoms with van der Waals surface area (Å²) < 4.78 is 38.7. The fourth-order valence-corrected chi connectivity index (χ4v) is 6.70. The van der Waals surface area contributed by atoms with Crippen LogP contribution in [0.2, 0.25) is 0 Å². The number of anilines is 1. The van der Waals surface area contributed by atoms with E-state index >= 15 is 0 Å². The number of carbonyl (C=O) groups is 2. The fourth-order valence-electron chi connectivity index (χ4n) is 4.76. The molecule has 0 unspecified atom stereocenters. The smallest absolute Gasteiger partial charge is 0.380 e. The third kappa shape index (κ3) is 10.3. The molecule has 2 N–H and O–H groups in total. The number of nitrogens with two attached hydrogens (primary N) is 1. The Morgan fingerprint density at radius 3 is 2.34 bits per heavy atom. The van der Waals surface area contributed by atoms with E-state index in [0.717, 1.165) is 31.3 Å². The van der Waals surface area contributed by atoms with E-state index < -0.39 is 36.6 Å². The summed E-state index contributed by atoms with van der Waals surface area (Å²) in [6.07, 6.45) is 7.21. The second-order valence-corrected chi connectivity index (χ2v) is 13.9. The molecule has 1 aromatic heterocycles. The Labute approximate surface area is 259 Å². The largest absolute Gasteiger partial charge is 0.465 e. The zero-order chi connectivity index (χ0) is 32.3. The molecule has 0 spiro atoms. The normalized spacial score (nSPS) is 19.0. The quantitative estimate of drug-likeness (QED) is 0.155. The Balaban J connectivity index is 1.81. The summed E-state index contributed by atoms with van der Waals surface area (Å²) in [5.41, 5.74) is 4.94. The molecule has 44 heavy (non-hydrogen) atoms. The molecule has 1 aliphatic carbocycles. The fraction of sp³-hybridized carbons (Fsp3) is 0.562. The number of aromatic nitrogens is 2. The average Bonchev–Trinajstić information content (AvgIpc) is 3.67. The van der Waals surface area contributed by atoms with Crippen LogP contribution in [0.3, 0.4) is 0 Å². The van der Waals surface area contributed by atoms with Crippen molar-refractivity contribution in [1.82, 2.24) is 9.55 Å². The van der Waals surface area contributed by atoms with Crippen molar-refractivity contribution in [2.75, 3.05) is 31.7 Å². The van der Waals surface area contributed by atoms with Crippen LogP contribution in [-0.2, 0) is 28.2 Å². The zero-order valence-corrected chi connectivity index (χ0v) is 27.3. The first-order chi connectivity index (χ1) is 20.9. The molecule has 2 aromatic rings. The lowest BCUT2D eigenvalue weighted by Crippen LogP contribution is -2.26. The number of benzene rings is 1. The Morgan fingerprint density at radius 1 is 1.05 bits per heavy atom. The molecule has 1 aromatic carbocycles. The number of nitrogen functional groups attached to an aromatic ring is 1. The number of ether oxygens (including phenoxy) is 2. The van der Waals surface area contributed by atoms with Crippen LogP contribution >= 0.6 is 7.60 Å². The molecule has 1 aliphatic rings. The lowest BCUT2D eigenvalue weighted by atomic mass is 9.99. The summed E-state index contributed by atoms with van der Waals surface area (Å²) in [6.45, 7) is 9.42. The number of para-hydroxylation sites is 1. The van der Waals surface area contributed by atoms with Crippen molar-refractivity contribution in [3.05, 3.63) is 58.7 Å². The molecule has 0 aliphatic heterocycles. The molecular formula is C32H46N3O8P. The van der Waals surface area contributed by atoms with Crippen LogP contribution in [0.15, 0.2) is 53.0 Å².